The van der Waals surface area contributed by atoms with Gasteiger partial charge in [0.25, 0.3) is 0 Å². The van der Waals surface area contributed by atoms with E-state index in [1.165, 1.54) is 11.8 Å². The number of aliphatic imine (C=N–C) groups is 1. The summed E-state index contributed by atoms with van der Waals surface area (Å²) in [5, 5.41) is 0.537. The molecule has 3 aromatic rings. The predicted molar refractivity (Wildman–Crippen MR) is 100 cm³/mol. The van der Waals surface area contributed by atoms with Crippen molar-refractivity contribution in [1.29, 1.82) is 0 Å². The lowest BCUT2D eigenvalue weighted by atomic mass is 10.2. The summed E-state index contributed by atoms with van der Waals surface area (Å²) in [6.07, 6.45) is 3.32. The summed E-state index contributed by atoms with van der Waals surface area (Å²) >= 11 is 1.29. The van der Waals surface area contributed by atoms with Crippen molar-refractivity contribution in [3.8, 4) is 0 Å². The Hall–Kier alpha value is -3.25. The van der Waals surface area contributed by atoms with Crippen LogP contribution in [0.5, 0.6) is 0 Å². The van der Waals surface area contributed by atoms with Gasteiger partial charge in [-0.2, -0.15) is 0 Å². The van der Waals surface area contributed by atoms with Crippen LogP contribution in [0.2, 0.25) is 0 Å². The summed E-state index contributed by atoms with van der Waals surface area (Å²) in [6, 6.07) is 20.7. The molecule has 0 unspecified atom stereocenters. The molecule has 4 rings (SSSR count). The summed E-state index contributed by atoms with van der Waals surface area (Å²) in [7, 11) is 0. The van der Waals surface area contributed by atoms with E-state index in [1.807, 2.05) is 60.7 Å². The monoisotopic (exact) mass is 359 g/mol. The summed E-state index contributed by atoms with van der Waals surface area (Å²) in [5.41, 5.74) is 1.87. The van der Waals surface area contributed by atoms with Crippen LogP contribution in [0.15, 0.2) is 95.0 Å². The van der Waals surface area contributed by atoms with Crippen molar-refractivity contribution in [1.82, 2.24) is 9.97 Å². The van der Waals surface area contributed by atoms with Gasteiger partial charge in [-0.1, -0.05) is 48.5 Å². The highest BCUT2D eigenvalue weighted by Gasteiger charge is 2.28. The summed E-state index contributed by atoms with van der Waals surface area (Å²) in [5.74, 6) is -0.181. The summed E-state index contributed by atoms with van der Waals surface area (Å²) in [6.45, 7) is 0. The Bertz CT molecular complexity index is 987. The molecule has 0 radical (unpaired) electrons. The molecule has 126 valence electrons. The molecule has 0 atom stereocenters. The minimum atomic E-state index is -0.480. The topological polar surface area (TPSA) is 64.4 Å². The third kappa shape index (κ3) is 3.41. The number of benzene rings is 2. The van der Waals surface area contributed by atoms with Gasteiger partial charge in [-0.3, -0.25) is 0 Å². The van der Waals surface area contributed by atoms with E-state index < -0.39 is 5.97 Å². The maximum Gasteiger partial charge on any atom is 0.365 e. The zero-order valence-electron chi connectivity index (χ0n) is 13.6. The van der Waals surface area contributed by atoms with Crippen molar-refractivity contribution < 1.29 is 9.53 Å². The Morgan fingerprint density at radius 2 is 1.50 bits per heavy atom. The molecule has 1 aromatic heterocycles. The van der Waals surface area contributed by atoms with Crippen molar-refractivity contribution in [2.24, 2.45) is 4.99 Å². The highest BCUT2D eigenvalue weighted by molar-refractivity contribution is 8.08. The third-order valence-electron chi connectivity index (χ3n) is 3.60. The molecule has 0 saturated carbocycles. The van der Waals surface area contributed by atoms with E-state index in [2.05, 4.69) is 15.0 Å². The molecule has 26 heavy (non-hydrogen) atoms. The first-order chi connectivity index (χ1) is 12.8. The molecule has 0 amide bonds. The fourth-order valence-electron chi connectivity index (χ4n) is 2.42. The second-order valence-corrected chi connectivity index (χ2v) is 6.33. The lowest BCUT2D eigenvalue weighted by Gasteiger charge is -2.07. The van der Waals surface area contributed by atoms with Gasteiger partial charge in [-0.25, -0.2) is 19.8 Å². The number of rotatable bonds is 4. The van der Waals surface area contributed by atoms with Gasteiger partial charge in [0.15, 0.2) is 10.9 Å². The molecule has 2 aromatic carbocycles. The van der Waals surface area contributed by atoms with Crippen LogP contribution in [-0.4, -0.2) is 21.8 Å². The molecule has 1 aliphatic rings. The van der Waals surface area contributed by atoms with Gasteiger partial charge < -0.3 is 4.74 Å². The first-order valence-corrected chi connectivity index (χ1v) is 8.74. The normalized spacial score (nSPS) is 15.4. The molecule has 0 saturated heterocycles. The summed E-state index contributed by atoms with van der Waals surface area (Å²) in [4.78, 5) is 26.1. The van der Waals surface area contributed by atoms with Crippen molar-refractivity contribution in [3.05, 3.63) is 95.9 Å². The Labute approximate surface area is 154 Å². The van der Waals surface area contributed by atoms with Gasteiger partial charge in [-0.05, 0) is 35.5 Å². The van der Waals surface area contributed by atoms with Gasteiger partial charge in [0, 0.05) is 18.0 Å². The molecule has 0 aliphatic carbocycles. The number of esters is 1. The van der Waals surface area contributed by atoms with Gasteiger partial charge in [0.05, 0.1) is 4.91 Å². The number of carbonyl (C=O) groups excluding carboxylic acids is 1. The fraction of sp³-hybridized carbons (Fsp3) is 0. The zero-order chi connectivity index (χ0) is 17.8. The fourth-order valence-corrected chi connectivity index (χ4v) is 3.31. The number of hydrogen-bond donors (Lipinski definition) is 0. The molecule has 0 spiro atoms. The average Bonchev–Trinajstić information content (AvgIpc) is 3.10. The maximum absolute atomic E-state index is 12.5. The van der Waals surface area contributed by atoms with E-state index in [-0.39, 0.29) is 5.70 Å². The average molecular weight is 359 g/mol. The second-order valence-electron chi connectivity index (χ2n) is 5.35. The molecule has 0 fully saturated rings. The van der Waals surface area contributed by atoms with Crippen LogP contribution in [-0.2, 0) is 9.53 Å². The SMILES string of the molecule is O=C1OC(c2ccccc2)=NC1=C(Sc1ncccn1)c1ccccc1. The van der Waals surface area contributed by atoms with Crippen molar-refractivity contribution in [3.63, 3.8) is 0 Å². The third-order valence-corrected chi connectivity index (χ3v) is 4.63. The molecule has 1 aliphatic heterocycles. The van der Waals surface area contributed by atoms with Gasteiger partial charge in [0.2, 0.25) is 5.90 Å². The lowest BCUT2D eigenvalue weighted by molar-refractivity contribution is -0.129. The molecular formula is C20H13N3O2S. The first kappa shape index (κ1) is 16.2. The first-order valence-electron chi connectivity index (χ1n) is 7.92. The van der Waals surface area contributed by atoms with Crippen molar-refractivity contribution >= 4 is 28.5 Å². The highest BCUT2D eigenvalue weighted by Crippen LogP contribution is 2.37. The molecular weight excluding hydrogens is 346 g/mol. The zero-order valence-corrected chi connectivity index (χ0v) is 14.4. The number of nitrogens with zero attached hydrogens (tertiary/aromatic N) is 3. The number of hydrogen-bond acceptors (Lipinski definition) is 6. The van der Waals surface area contributed by atoms with Crippen LogP contribution >= 0.6 is 11.8 Å². The molecule has 5 nitrogen and oxygen atoms in total. The smallest absolute Gasteiger partial charge is 0.365 e. The van der Waals surface area contributed by atoms with E-state index in [1.54, 1.807) is 18.5 Å². The Kier molecular flexibility index (Phi) is 4.57. The highest BCUT2D eigenvalue weighted by atomic mass is 32.2. The quantitative estimate of drug-likeness (QED) is 0.305. The number of cyclic esters (lactones) is 1. The minimum Gasteiger partial charge on any atom is -0.402 e. The van der Waals surface area contributed by atoms with E-state index in [0.29, 0.717) is 16.0 Å². The Balaban J connectivity index is 1.81. The van der Waals surface area contributed by atoms with E-state index in [4.69, 9.17) is 4.74 Å². The molecule has 6 heteroatoms. The van der Waals surface area contributed by atoms with Gasteiger partial charge in [0.1, 0.15) is 0 Å². The van der Waals surface area contributed by atoms with Gasteiger partial charge in [-0.15, -0.1) is 0 Å². The van der Waals surface area contributed by atoms with E-state index in [9.17, 15) is 4.79 Å². The molecule has 0 bridgehead atoms. The number of carbonyl (C=O) groups is 1. The van der Waals surface area contributed by atoms with Crippen LogP contribution in [0.25, 0.3) is 4.91 Å². The molecule has 0 N–H and O–H groups in total. The maximum atomic E-state index is 12.5. The van der Waals surface area contributed by atoms with Crippen LogP contribution in [0.1, 0.15) is 11.1 Å². The van der Waals surface area contributed by atoms with Crippen LogP contribution in [0.3, 0.4) is 0 Å². The predicted octanol–water partition coefficient (Wildman–Crippen LogP) is 3.94. The van der Waals surface area contributed by atoms with Crippen LogP contribution in [0, 0.1) is 0 Å². The second kappa shape index (κ2) is 7.33. The van der Waals surface area contributed by atoms with E-state index in [0.717, 1.165) is 11.1 Å². The summed E-state index contributed by atoms with van der Waals surface area (Å²) < 4.78 is 5.40. The van der Waals surface area contributed by atoms with E-state index >= 15 is 0 Å². The van der Waals surface area contributed by atoms with Gasteiger partial charge >= 0.3 is 5.97 Å². The van der Waals surface area contributed by atoms with Crippen LogP contribution in [0.4, 0.5) is 0 Å². The largest absolute Gasteiger partial charge is 0.402 e. The molecule has 2 heterocycles. The Morgan fingerprint density at radius 1 is 0.846 bits per heavy atom. The number of ether oxygens (including phenoxy) is 1. The number of aromatic nitrogens is 2. The minimum absolute atomic E-state index is 0.257. The van der Waals surface area contributed by atoms with Crippen molar-refractivity contribution in [2.75, 3.05) is 0 Å². The lowest BCUT2D eigenvalue weighted by Crippen LogP contribution is -2.05. The van der Waals surface area contributed by atoms with Crippen LogP contribution < -0.4 is 0 Å². The number of thioether (sulfide) groups is 1. The Morgan fingerprint density at radius 3 is 2.19 bits per heavy atom. The van der Waals surface area contributed by atoms with Crippen molar-refractivity contribution in [2.45, 2.75) is 5.16 Å². The standard InChI is InChI=1S/C20H13N3O2S/c24-19-16(23-18(25-19)15-10-5-2-6-11-15)17(14-8-3-1-4-9-14)26-20-21-12-7-13-22-20/h1-13H.